The van der Waals surface area contributed by atoms with E-state index >= 15 is 0 Å². The van der Waals surface area contributed by atoms with Gasteiger partial charge in [0.25, 0.3) is 0 Å². The molecule has 0 aliphatic rings. The summed E-state index contributed by atoms with van der Waals surface area (Å²) < 4.78 is 0. The third-order valence-electron chi connectivity index (χ3n) is 5.56. The second-order valence-electron chi connectivity index (χ2n) is 7.99. The number of quaternary nitrogens is 1. The van der Waals surface area contributed by atoms with Crippen LogP contribution < -0.4 is 12.4 Å². The SMILES string of the molecule is CCCCCCCCCCCCCCCCCC[N+](CC)(OCC)OCC.[Cl-]. The van der Waals surface area contributed by atoms with Crippen molar-refractivity contribution in [1.82, 2.24) is 0 Å². The molecule has 0 fully saturated rings. The fraction of sp³-hybridized carbons (Fsp3) is 1.00. The maximum absolute atomic E-state index is 5.86. The van der Waals surface area contributed by atoms with Crippen LogP contribution in [0.1, 0.15) is 130 Å². The van der Waals surface area contributed by atoms with E-state index in [0.29, 0.717) is 18.0 Å². The van der Waals surface area contributed by atoms with Gasteiger partial charge in [0.1, 0.15) is 26.3 Å². The largest absolute Gasteiger partial charge is 1.00 e. The van der Waals surface area contributed by atoms with E-state index in [1.807, 2.05) is 0 Å². The smallest absolute Gasteiger partial charge is 0.142 e. The molecule has 0 N–H and O–H groups in total. The van der Waals surface area contributed by atoms with Gasteiger partial charge >= 0.3 is 0 Å². The minimum absolute atomic E-state index is 0. The zero-order valence-corrected chi connectivity index (χ0v) is 20.5. The van der Waals surface area contributed by atoms with Crippen molar-refractivity contribution in [3.05, 3.63) is 0 Å². The molecule has 0 aromatic carbocycles. The van der Waals surface area contributed by atoms with Crippen molar-refractivity contribution in [3.63, 3.8) is 0 Å². The molecule has 0 saturated carbocycles. The van der Waals surface area contributed by atoms with Crippen LogP contribution in [0.15, 0.2) is 0 Å². The van der Waals surface area contributed by atoms with E-state index in [0.717, 1.165) is 13.1 Å². The molecule has 0 spiro atoms. The van der Waals surface area contributed by atoms with E-state index in [1.165, 1.54) is 103 Å². The molecule has 0 atom stereocenters. The van der Waals surface area contributed by atoms with Gasteiger partial charge in [0.2, 0.25) is 0 Å². The normalized spacial score (nSPS) is 11.6. The first kappa shape index (κ1) is 30.4. The van der Waals surface area contributed by atoms with Crippen LogP contribution in [-0.4, -0.2) is 31.1 Å². The molecular formula is C24H52ClNO2. The first-order valence-electron chi connectivity index (χ1n) is 12.4. The predicted molar refractivity (Wildman–Crippen MR) is 118 cm³/mol. The lowest BCUT2D eigenvalue weighted by molar-refractivity contribution is -1.25. The molecule has 0 aliphatic carbocycles. The van der Waals surface area contributed by atoms with Crippen molar-refractivity contribution < 1.29 is 26.9 Å². The molecule has 4 heteroatoms. The third kappa shape index (κ3) is 18.2. The highest BCUT2D eigenvalue weighted by Crippen LogP contribution is 2.16. The fourth-order valence-electron chi connectivity index (χ4n) is 3.88. The Kier molecular flexibility index (Phi) is 25.4. The minimum atomic E-state index is 0. The molecule has 0 saturated heterocycles. The van der Waals surface area contributed by atoms with Gasteiger partial charge in [0.05, 0.1) is 0 Å². The summed E-state index contributed by atoms with van der Waals surface area (Å²) in [5.74, 6) is 0. The lowest BCUT2D eigenvalue weighted by Gasteiger charge is -2.30. The van der Waals surface area contributed by atoms with Gasteiger partial charge in [-0.3, -0.25) is 0 Å². The maximum Gasteiger partial charge on any atom is 0.142 e. The Morgan fingerprint density at radius 3 is 1.07 bits per heavy atom. The monoisotopic (exact) mass is 421 g/mol. The van der Waals surface area contributed by atoms with E-state index in [2.05, 4.69) is 27.7 Å². The highest BCUT2D eigenvalue weighted by Gasteiger charge is 2.28. The molecule has 0 aromatic heterocycles. The van der Waals surface area contributed by atoms with Gasteiger partial charge < -0.3 is 12.4 Å². The number of halogens is 1. The summed E-state index contributed by atoms with van der Waals surface area (Å²) in [7, 11) is 0. The summed E-state index contributed by atoms with van der Waals surface area (Å²) >= 11 is 0. The Balaban J connectivity index is 0. The number of rotatable bonds is 22. The van der Waals surface area contributed by atoms with Crippen molar-refractivity contribution >= 4 is 0 Å². The number of unbranched alkanes of at least 4 members (excludes halogenated alkanes) is 15. The van der Waals surface area contributed by atoms with Gasteiger partial charge in [-0.15, -0.1) is 0 Å². The molecular weight excluding hydrogens is 370 g/mol. The molecule has 0 bridgehead atoms. The van der Waals surface area contributed by atoms with Crippen LogP contribution in [0, 0.1) is 0 Å². The Morgan fingerprint density at radius 1 is 0.464 bits per heavy atom. The third-order valence-corrected chi connectivity index (χ3v) is 5.56. The average molecular weight is 422 g/mol. The van der Waals surface area contributed by atoms with Gasteiger partial charge in [-0.25, -0.2) is 0 Å². The van der Waals surface area contributed by atoms with Gasteiger partial charge in [-0.1, -0.05) is 96.8 Å². The first-order chi connectivity index (χ1) is 13.2. The van der Waals surface area contributed by atoms with Crippen LogP contribution in [0.25, 0.3) is 0 Å². The molecule has 172 valence electrons. The Hall–Kier alpha value is 0.170. The molecule has 28 heavy (non-hydrogen) atoms. The number of hydrogen-bond donors (Lipinski definition) is 0. The van der Waals surface area contributed by atoms with Crippen LogP contribution >= 0.6 is 0 Å². The molecule has 0 rings (SSSR count). The van der Waals surface area contributed by atoms with Gasteiger partial charge in [-0.2, -0.15) is 9.68 Å². The van der Waals surface area contributed by atoms with Gasteiger partial charge in [0.15, 0.2) is 0 Å². The van der Waals surface area contributed by atoms with Gasteiger partial charge in [0, 0.05) is 6.42 Å². The summed E-state index contributed by atoms with van der Waals surface area (Å²) in [6.07, 6.45) is 22.6. The summed E-state index contributed by atoms with van der Waals surface area (Å²) in [4.78, 5) is 12.1. The van der Waals surface area contributed by atoms with Crippen LogP contribution in [-0.2, 0) is 9.68 Å². The van der Waals surface area contributed by atoms with Crippen molar-refractivity contribution in [2.45, 2.75) is 130 Å². The van der Waals surface area contributed by atoms with E-state index in [4.69, 9.17) is 9.68 Å². The Morgan fingerprint density at radius 2 is 0.786 bits per heavy atom. The van der Waals surface area contributed by atoms with E-state index in [1.54, 1.807) is 0 Å². The summed E-state index contributed by atoms with van der Waals surface area (Å²) in [5, 5.41) is 0. The zero-order chi connectivity index (χ0) is 20.1. The van der Waals surface area contributed by atoms with Gasteiger partial charge in [-0.05, 0) is 32.0 Å². The Bertz CT molecular complexity index is 284. The van der Waals surface area contributed by atoms with E-state index < -0.39 is 0 Å². The molecule has 0 amide bonds. The molecule has 0 aliphatic heterocycles. The van der Waals surface area contributed by atoms with Crippen LogP contribution in [0.5, 0.6) is 0 Å². The minimum Gasteiger partial charge on any atom is -1.00 e. The summed E-state index contributed by atoms with van der Waals surface area (Å²) in [6, 6.07) is 0. The lowest BCUT2D eigenvalue weighted by Crippen LogP contribution is -3.00. The van der Waals surface area contributed by atoms with Crippen molar-refractivity contribution in [2.24, 2.45) is 0 Å². The van der Waals surface area contributed by atoms with E-state index in [9.17, 15) is 0 Å². The van der Waals surface area contributed by atoms with E-state index in [-0.39, 0.29) is 12.4 Å². The topological polar surface area (TPSA) is 18.5 Å². The van der Waals surface area contributed by atoms with Crippen LogP contribution in [0.2, 0.25) is 0 Å². The first-order valence-corrected chi connectivity index (χ1v) is 12.4. The molecule has 0 heterocycles. The zero-order valence-electron chi connectivity index (χ0n) is 19.8. The highest BCUT2D eigenvalue weighted by molar-refractivity contribution is 4.49. The Labute approximate surface area is 183 Å². The lowest BCUT2D eigenvalue weighted by atomic mass is 10.0. The standard InChI is InChI=1S/C24H52NO2.ClH/c1-5-9-10-11-12-13-14-15-16-17-18-19-20-21-22-23-24-25(6-2,26-7-3)27-8-4;/h5-24H2,1-4H3;1H/q+1;/p-1. The number of hydroxylamine groups is 4. The summed E-state index contributed by atoms with van der Waals surface area (Å²) in [6.45, 7) is 11.8. The molecule has 0 unspecified atom stereocenters. The highest BCUT2D eigenvalue weighted by atomic mass is 35.5. The predicted octanol–water partition coefficient (Wildman–Crippen LogP) is 4.99. The molecule has 0 radical (unpaired) electrons. The summed E-state index contributed by atoms with van der Waals surface area (Å²) in [5.41, 5.74) is 0. The fourth-order valence-corrected chi connectivity index (χ4v) is 3.88. The molecule has 0 aromatic rings. The second-order valence-corrected chi connectivity index (χ2v) is 7.99. The van der Waals surface area contributed by atoms with Crippen molar-refractivity contribution in [2.75, 3.05) is 26.3 Å². The number of hydrogen-bond acceptors (Lipinski definition) is 2. The number of nitrogens with zero attached hydrogens (tertiary/aromatic N) is 1. The second kappa shape index (κ2) is 23.4. The van der Waals surface area contributed by atoms with Crippen molar-refractivity contribution in [1.29, 1.82) is 0 Å². The average Bonchev–Trinajstić information content (AvgIpc) is 2.68. The maximum atomic E-state index is 5.86. The molecule has 3 nitrogen and oxygen atoms in total. The van der Waals surface area contributed by atoms with Crippen LogP contribution in [0.4, 0.5) is 0 Å². The van der Waals surface area contributed by atoms with Crippen molar-refractivity contribution in [3.8, 4) is 0 Å². The van der Waals surface area contributed by atoms with Crippen LogP contribution in [0.3, 0.4) is 0 Å². The quantitative estimate of drug-likeness (QED) is 0.139.